The molecule has 1 heterocycles. The molecule has 7 nitrogen and oxygen atoms in total. The van der Waals surface area contributed by atoms with Crippen LogP contribution < -0.4 is 15.4 Å². The van der Waals surface area contributed by atoms with E-state index in [9.17, 15) is 13.2 Å². The lowest BCUT2D eigenvalue weighted by molar-refractivity contribution is 0.0946. The lowest BCUT2D eigenvalue weighted by Crippen LogP contribution is -2.46. The second-order valence-electron chi connectivity index (χ2n) is 6.72. The number of piperazine rings is 1. The van der Waals surface area contributed by atoms with Crippen LogP contribution >= 0.6 is 0 Å². The van der Waals surface area contributed by atoms with E-state index in [4.69, 9.17) is 0 Å². The van der Waals surface area contributed by atoms with E-state index in [1.807, 2.05) is 6.92 Å². The largest absolute Gasteiger partial charge is 0.351 e. The number of hydrogen-bond donors (Lipinski definition) is 3. The molecule has 3 rings (SSSR count). The van der Waals surface area contributed by atoms with Crippen molar-refractivity contribution in [1.29, 1.82) is 0 Å². The maximum Gasteiger partial charge on any atom is 0.251 e. The molecule has 1 amide bonds. The normalized spacial score (nSPS) is 18.9. The SMILES string of the molecule is Cc1ccc(S(=O)(=O)NC2CC2)cc1C(=O)NCCN1CCNCC1. The Labute approximate surface area is 149 Å². The zero-order chi connectivity index (χ0) is 17.9. The van der Waals surface area contributed by atoms with E-state index in [0.29, 0.717) is 12.1 Å². The molecule has 1 saturated carbocycles. The van der Waals surface area contributed by atoms with Crippen LogP contribution in [0.4, 0.5) is 0 Å². The number of nitrogens with one attached hydrogen (secondary N) is 3. The van der Waals surface area contributed by atoms with Crippen molar-refractivity contribution >= 4 is 15.9 Å². The van der Waals surface area contributed by atoms with Gasteiger partial charge in [-0.05, 0) is 37.5 Å². The van der Waals surface area contributed by atoms with Crippen LogP contribution in [-0.2, 0) is 10.0 Å². The molecule has 0 atom stereocenters. The summed E-state index contributed by atoms with van der Waals surface area (Å²) in [6, 6.07) is 4.76. The zero-order valence-electron chi connectivity index (χ0n) is 14.5. The number of nitrogens with zero attached hydrogens (tertiary/aromatic N) is 1. The number of hydrogen-bond acceptors (Lipinski definition) is 5. The third-order valence-electron chi connectivity index (χ3n) is 4.59. The first-order chi connectivity index (χ1) is 12.0. The van der Waals surface area contributed by atoms with Gasteiger partial charge in [0.15, 0.2) is 0 Å². The lowest BCUT2D eigenvalue weighted by Gasteiger charge is -2.27. The minimum Gasteiger partial charge on any atom is -0.351 e. The van der Waals surface area contributed by atoms with E-state index in [1.54, 1.807) is 12.1 Å². The summed E-state index contributed by atoms with van der Waals surface area (Å²) in [4.78, 5) is 14.9. The van der Waals surface area contributed by atoms with Gasteiger partial charge in [0.2, 0.25) is 10.0 Å². The molecule has 0 radical (unpaired) electrons. The molecule has 138 valence electrons. The summed E-state index contributed by atoms with van der Waals surface area (Å²) in [6.07, 6.45) is 1.76. The number of carbonyl (C=O) groups is 1. The van der Waals surface area contributed by atoms with Crippen molar-refractivity contribution in [3.63, 3.8) is 0 Å². The molecule has 0 aromatic heterocycles. The van der Waals surface area contributed by atoms with Crippen LogP contribution in [-0.4, -0.2) is 64.5 Å². The number of sulfonamides is 1. The van der Waals surface area contributed by atoms with E-state index in [2.05, 4.69) is 20.3 Å². The molecular formula is C17H26N4O3S. The first-order valence-corrected chi connectivity index (χ1v) is 10.3. The Balaban J connectivity index is 1.61. The Morgan fingerprint density at radius 3 is 2.68 bits per heavy atom. The summed E-state index contributed by atoms with van der Waals surface area (Å²) in [5.74, 6) is -0.226. The maximum atomic E-state index is 12.5. The molecule has 25 heavy (non-hydrogen) atoms. The fourth-order valence-corrected chi connectivity index (χ4v) is 4.19. The summed E-state index contributed by atoms with van der Waals surface area (Å²) < 4.78 is 27.3. The predicted molar refractivity (Wildman–Crippen MR) is 96.2 cm³/mol. The molecule has 1 aliphatic heterocycles. The second-order valence-corrected chi connectivity index (χ2v) is 8.43. The van der Waals surface area contributed by atoms with Crippen molar-refractivity contribution in [3.05, 3.63) is 29.3 Å². The highest BCUT2D eigenvalue weighted by Gasteiger charge is 2.28. The lowest BCUT2D eigenvalue weighted by atomic mass is 10.1. The van der Waals surface area contributed by atoms with Crippen molar-refractivity contribution in [1.82, 2.24) is 20.3 Å². The van der Waals surface area contributed by atoms with Gasteiger partial charge in [-0.1, -0.05) is 6.07 Å². The molecular weight excluding hydrogens is 340 g/mol. The van der Waals surface area contributed by atoms with Gasteiger partial charge >= 0.3 is 0 Å². The van der Waals surface area contributed by atoms with Gasteiger partial charge < -0.3 is 10.6 Å². The van der Waals surface area contributed by atoms with E-state index in [0.717, 1.165) is 51.1 Å². The van der Waals surface area contributed by atoms with Crippen LogP contribution in [0.1, 0.15) is 28.8 Å². The minimum absolute atomic E-state index is 0.0441. The maximum absolute atomic E-state index is 12.5. The minimum atomic E-state index is -3.55. The van der Waals surface area contributed by atoms with Gasteiger partial charge in [0.1, 0.15) is 0 Å². The highest BCUT2D eigenvalue weighted by Crippen LogP contribution is 2.23. The van der Waals surface area contributed by atoms with Gasteiger partial charge in [0.25, 0.3) is 5.91 Å². The van der Waals surface area contributed by atoms with Crippen molar-refractivity contribution in [3.8, 4) is 0 Å². The van der Waals surface area contributed by atoms with Crippen LogP contribution in [0.5, 0.6) is 0 Å². The van der Waals surface area contributed by atoms with Gasteiger partial charge in [-0.2, -0.15) is 0 Å². The zero-order valence-corrected chi connectivity index (χ0v) is 15.4. The van der Waals surface area contributed by atoms with Crippen LogP contribution in [0.15, 0.2) is 23.1 Å². The van der Waals surface area contributed by atoms with E-state index >= 15 is 0 Å². The van der Waals surface area contributed by atoms with Crippen molar-refractivity contribution in [2.45, 2.75) is 30.7 Å². The third-order valence-corrected chi connectivity index (χ3v) is 6.10. The fraction of sp³-hybridized carbons (Fsp3) is 0.588. The topological polar surface area (TPSA) is 90.5 Å². The molecule has 2 fully saturated rings. The summed E-state index contributed by atoms with van der Waals surface area (Å²) in [6.45, 7) is 7.08. The molecule has 0 spiro atoms. The van der Waals surface area contributed by atoms with Crippen molar-refractivity contribution < 1.29 is 13.2 Å². The number of rotatable bonds is 7. The molecule has 0 unspecified atom stereocenters. The Hall–Kier alpha value is -1.48. The fourth-order valence-electron chi connectivity index (χ4n) is 2.86. The molecule has 0 bridgehead atoms. The third kappa shape index (κ3) is 5.01. The summed E-state index contributed by atoms with van der Waals surface area (Å²) in [5, 5.41) is 6.20. The number of carbonyl (C=O) groups excluding carboxylic acids is 1. The second kappa shape index (κ2) is 7.82. The number of benzene rings is 1. The molecule has 3 N–H and O–H groups in total. The molecule has 1 saturated heterocycles. The van der Waals surface area contributed by atoms with Gasteiger partial charge in [0, 0.05) is 50.9 Å². The van der Waals surface area contributed by atoms with Gasteiger partial charge in [0.05, 0.1) is 4.90 Å². The van der Waals surface area contributed by atoms with Gasteiger partial charge in [-0.15, -0.1) is 0 Å². The monoisotopic (exact) mass is 366 g/mol. The van der Waals surface area contributed by atoms with Crippen LogP contribution in [0.2, 0.25) is 0 Å². The first kappa shape index (κ1) is 18.3. The molecule has 1 aromatic carbocycles. The van der Waals surface area contributed by atoms with Crippen molar-refractivity contribution in [2.24, 2.45) is 0 Å². The van der Waals surface area contributed by atoms with E-state index < -0.39 is 10.0 Å². The Morgan fingerprint density at radius 1 is 1.28 bits per heavy atom. The molecule has 1 aromatic rings. The Morgan fingerprint density at radius 2 is 2.00 bits per heavy atom. The smallest absolute Gasteiger partial charge is 0.251 e. The summed E-state index contributed by atoms with van der Waals surface area (Å²) >= 11 is 0. The standard InChI is InChI=1S/C17H26N4O3S/c1-13-2-5-15(25(23,24)20-14-3-4-14)12-16(13)17(22)19-8-11-21-9-6-18-7-10-21/h2,5,12,14,18,20H,3-4,6-11H2,1H3,(H,19,22). The highest BCUT2D eigenvalue weighted by atomic mass is 32.2. The Bertz CT molecular complexity index is 725. The highest BCUT2D eigenvalue weighted by molar-refractivity contribution is 7.89. The van der Waals surface area contributed by atoms with Crippen LogP contribution in [0.25, 0.3) is 0 Å². The quantitative estimate of drug-likeness (QED) is 0.635. The molecule has 2 aliphatic rings. The number of aryl methyl sites for hydroxylation is 1. The van der Waals surface area contributed by atoms with E-state index in [1.165, 1.54) is 6.07 Å². The molecule has 1 aliphatic carbocycles. The number of amides is 1. The average Bonchev–Trinajstić information content (AvgIpc) is 3.39. The average molecular weight is 366 g/mol. The van der Waals surface area contributed by atoms with Crippen LogP contribution in [0, 0.1) is 6.92 Å². The van der Waals surface area contributed by atoms with Gasteiger partial charge in [-0.3, -0.25) is 9.69 Å². The van der Waals surface area contributed by atoms with Gasteiger partial charge in [-0.25, -0.2) is 13.1 Å². The predicted octanol–water partition coefficient (Wildman–Crippen LogP) is 0.0707. The summed E-state index contributed by atoms with van der Waals surface area (Å²) in [5.41, 5.74) is 1.18. The first-order valence-electron chi connectivity index (χ1n) is 8.80. The van der Waals surface area contributed by atoms with Crippen LogP contribution in [0.3, 0.4) is 0 Å². The summed E-state index contributed by atoms with van der Waals surface area (Å²) in [7, 11) is -3.55. The Kier molecular flexibility index (Phi) is 5.73. The van der Waals surface area contributed by atoms with E-state index in [-0.39, 0.29) is 16.8 Å². The van der Waals surface area contributed by atoms with Crippen molar-refractivity contribution in [2.75, 3.05) is 39.3 Å². The molecule has 8 heteroatoms.